The van der Waals surface area contributed by atoms with Gasteiger partial charge in [-0.2, -0.15) is 0 Å². The van der Waals surface area contributed by atoms with E-state index in [4.69, 9.17) is 4.74 Å². The summed E-state index contributed by atoms with van der Waals surface area (Å²) in [5.41, 5.74) is 0.271. The van der Waals surface area contributed by atoms with Crippen LogP contribution in [0.4, 0.5) is 0 Å². The third-order valence-corrected chi connectivity index (χ3v) is 10.5. The predicted octanol–water partition coefficient (Wildman–Crippen LogP) is 4.57. The largest absolute Gasteiger partial charge is 0.469 e. The molecule has 0 heterocycles. The van der Waals surface area contributed by atoms with Crippen molar-refractivity contribution < 1.29 is 19.7 Å². The molecule has 0 radical (unpaired) electrons. The predicted molar refractivity (Wildman–Crippen MR) is 113 cm³/mol. The second kappa shape index (κ2) is 7.82. The molecular formula is C25H42O4. The SMILES string of the molecule is COC(=O)CC[C@H](C)[C@@H]1CC[C@H]2[C@@H]3CC[C@H]4C[C@H](O)CC[C@]4(C)[C@H]3C[C@H](O)[C@@]21C. The monoisotopic (exact) mass is 406 g/mol. The zero-order valence-corrected chi connectivity index (χ0v) is 18.9. The zero-order chi connectivity index (χ0) is 21.0. The molecule has 2 N–H and O–H groups in total. The van der Waals surface area contributed by atoms with Gasteiger partial charge in [0.25, 0.3) is 0 Å². The number of ether oxygens (including phenoxy) is 1. The number of rotatable bonds is 4. The van der Waals surface area contributed by atoms with Gasteiger partial charge >= 0.3 is 5.97 Å². The van der Waals surface area contributed by atoms with E-state index in [2.05, 4.69) is 20.8 Å². The summed E-state index contributed by atoms with van der Waals surface area (Å²) in [6.45, 7) is 7.12. The first-order chi connectivity index (χ1) is 13.7. The Kier molecular flexibility index (Phi) is 5.83. The molecule has 4 nitrogen and oxygen atoms in total. The van der Waals surface area contributed by atoms with Gasteiger partial charge in [-0.25, -0.2) is 0 Å². The van der Waals surface area contributed by atoms with Crippen molar-refractivity contribution in [1.29, 1.82) is 0 Å². The van der Waals surface area contributed by atoms with Gasteiger partial charge in [-0.15, -0.1) is 0 Å². The fourth-order valence-corrected chi connectivity index (χ4v) is 8.81. The molecule has 29 heavy (non-hydrogen) atoms. The quantitative estimate of drug-likeness (QED) is 0.671. The molecule has 10 atom stereocenters. The van der Waals surface area contributed by atoms with E-state index in [1.165, 1.54) is 32.8 Å². The standard InChI is InChI=1S/C25H42O4/c1-15(5-10-23(28)29-4)19-8-9-20-18-7-6-16-13-17(26)11-12-24(16,2)21(18)14-22(27)25(19,20)3/h15-22,26-27H,5-14H2,1-4H3/t15-,16-,17+,18-,19-,20-,21-,22-,24-,25+/m0/s1. The van der Waals surface area contributed by atoms with Crippen LogP contribution in [0.1, 0.15) is 85.0 Å². The van der Waals surface area contributed by atoms with E-state index in [0.717, 1.165) is 38.0 Å². The molecule has 4 heteroatoms. The third kappa shape index (κ3) is 3.37. The minimum atomic E-state index is -0.246. The Morgan fingerprint density at radius 2 is 1.83 bits per heavy atom. The summed E-state index contributed by atoms with van der Waals surface area (Å²) in [6, 6.07) is 0. The van der Waals surface area contributed by atoms with Crippen LogP contribution in [0, 0.1) is 46.3 Å². The summed E-state index contributed by atoms with van der Waals surface area (Å²) in [6.07, 6.45) is 9.86. The van der Waals surface area contributed by atoms with Gasteiger partial charge in [-0.3, -0.25) is 4.79 Å². The Bertz CT molecular complexity index is 620. The van der Waals surface area contributed by atoms with Crippen molar-refractivity contribution in [2.75, 3.05) is 7.11 Å². The first-order valence-corrected chi connectivity index (χ1v) is 12.1. The zero-order valence-electron chi connectivity index (χ0n) is 18.9. The number of carbonyl (C=O) groups excluding carboxylic acids is 1. The number of carbonyl (C=O) groups is 1. The third-order valence-electron chi connectivity index (χ3n) is 10.5. The fourth-order valence-electron chi connectivity index (χ4n) is 8.81. The van der Waals surface area contributed by atoms with Crippen molar-refractivity contribution in [3.05, 3.63) is 0 Å². The minimum absolute atomic E-state index is 0.0198. The lowest BCUT2D eigenvalue weighted by Gasteiger charge is -2.62. The molecule has 4 rings (SSSR count). The minimum Gasteiger partial charge on any atom is -0.469 e. The van der Waals surface area contributed by atoms with E-state index >= 15 is 0 Å². The smallest absolute Gasteiger partial charge is 0.305 e. The molecule has 0 aromatic rings. The van der Waals surface area contributed by atoms with Crippen LogP contribution in [0.15, 0.2) is 0 Å². The number of hydrogen-bond donors (Lipinski definition) is 2. The number of hydrogen-bond acceptors (Lipinski definition) is 4. The lowest BCUT2D eigenvalue weighted by molar-refractivity contribution is -0.175. The van der Waals surface area contributed by atoms with Crippen LogP contribution in [-0.2, 0) is 9.53 Å². The first kappa shape index (κ1) is 21.6. The number of esters is 1. The van der Waals surface area contributed by atoms with E-state index in [9.17, 15) is 15.0 Å². The fraction of sp³-hybridized carbons (Fsp3) is 0.960. The molecule has 4 aliphatic rings. The lowest BCUT2D eigenvalue weighted by atomic mass is 9.43. The molecule has 0 aromatic carbocycles. The van der Waals surface area contributed by atoms with E-state index in [1.807, 2.05) is 0 Å². The van der Waals surface area contributed by atoms with Crippen molar-refractivity contribution in [2.45, 2.75) is 97.2 Å². The maximum atomic E-state index is 11.6. The van der Waals surface area contributed by atoms with Crippen LogP contribution >= 0.6 is 0 Å². The van der Waals surface area contributed by atoms with Gasteiger partial charge in [0.1, 0.15) is 0 Å². The molecule has 4 saturated carbocycles. The van der Waals surface area contributed by atoms with Gasteiger partial charge in [0, 0.05) is 6.42 Å². The molecule has 4 fully saturated rings. The first-order valence-electron chi connectivity index (χ1n) is 12.1. The van der Waals surface area contributed by atoms with E-state index in [0.29, 0.717) is 41.4 Å². The summed E-state index contributed by atoms with van der Waals surface area (Å²) in [5.74, 6) is 3.36. The van der Waals surface area contributed by atoms with E-state index in [1.54, 1.807) is 0 Å². The molecule has 0 spiro atoms. The van der Waals surface area contributed by atoms with E-state index in [-0.39, 0.29) is 23.6 Å². The van der Waals surface area contributed by atoms with Crippen LogP contribution in [-0.4, -0.2) is 35.5 Å². The Hall–Kier alpha value is -0.610. The van der Waals surface area contributed by atoms with Gasteiger partial charge in [-0.1, -0.05) is 20.8 Å². The number of aliphatic hydroxyl groups is 2. The molecule has 0 amide bonds. The molecule has 0 unspecified atom stereocenters. The van der Waals surface area contributed by atoms with Gasteiger partial charge in [0.05, 0.1) is 19.3 Å². The van der Waals surface area contributed by atoms with Crippen LogP contribution in [0.2, 0.25) is 0 Å². The highest BCUT2D eigenvalue weighted by molar-refractivity contribution is 5.69. The Labute approximate surface area is 176 Å². The molecule has 0 aliphatic heterocycles. The second-order valence-electron chi connectivity index (χ2n) is 11.5. The topological polar surface area (TPSA) is 66.8 Å². The highest BCUT2D eigenvalue weighted by Gasteiger charge is 2.63. The molecule has 166 valence electrons. The van der Waals surface area contributed by atoms with Crippen LogP contribution < -0.4 is 0 Å². The van der Waals surface area contributed by atoms with Gasteiger partial charge in [-0.05, 0) is 104 Å². The van der Waals surface area contributed by atoms with Crippen LogP contribution in [0.5, 0.6) is 0 Å². The average molecular weight is 407 g/mol. The normalized spacial score (nSPS) is 50.2. The maximum Gasteiger partial charge on any atom is 0.305 e. The van der Waals surface area contributed by atoms with Crippen LogP contribution in [0.3, 0.4) is 0 Å². The van der Waals surface area contributed by atoms with E-state index < -0.39 is 0 Å². The van der Waals surface area contributed by atoms with Gasteiger partial charge < -0.3 is 14.9 Å². The van der Waals surface area contributed by atoms with Crippen molar-refractivity contribution in [3.63, 3.8) is 0 Å². The summed E-state index contributed by atoms with van der Waals surface area (Å²) in [4.78, 5) is 11.6. The second-order valence-corrected chi connectivity index (χ2v) is 11.5. The number of fused-ring (bicyclic) bond motifs is 5. The Morgan fingerprint density at radius 1 is 1.07 bits per heavy atom. The van der Waals surface area contributed by atoms with Crippen LogP contribution in [0.25, 0.3) is 0 Å². The molecule has 0 aromatic heterocycles. The number of aliphatic hydroxyl groups excluding tert-OH is 2. The van der Waals surface area contributed by atoms with Crippen molar-refractivity contribution in [1.82, 2.24) is 0 Å². The summed E-state index contributed by atoms with van der Waals surface area (Å²) < 4.78 is 4.85. The van der Waals surface area contributed by atoms with Crippen molar-refractivity contribution in [2.24, 2.45) is 46.3 Å². The lowest BCUT2D eigenvalue weighted by Crippen LogP contribution is -2.58. The summed E-state index contributed by atoms with van der Waals surface area (Å²) >= 11 is 0. The van der Waals surface area contributed by atoms with Gasteiger partial charge in [0.2, 0.25) is 0 Å². The maximum absolute atomic E-state index is 11.6. The Morgan fingerprint density at radius 3 is 2.55 bits per heavy atom. The summed E-state index contributed by atoms with van der Waals surface area (Å²) in [5, 5.41) is 21.8. The highest BCUT2D eigenvalue weighted by Crippen LogP contribution is 2.68. The molecule has 0 saturated heterocycles. The average Bonchev–Trinajstić information content (AvgIpc) is 3.06. The van der Waals surface area contributed by atoms with Crippen molar-refractivity contribution in [3.8, 4) is 0 Å². The van der Waals surface area contributed by atoms with Crippen molar-refractivity contribution >= 4 is 5.97 Å². The Balaban J connectivity index is 1.53. The number of methoxy groups -OCH3 is 1. The summed E-state index contributed by atoms with van der Waals surface area (Å²) in [7, 11) is 1.46. The molecule has 0 bridgehead atoms. The highest BCUT2D eigenvalue weighted by atomic mass is 16.5. The molecular weight excluding hydrogens is 364 g/mol. The molecule has 4 aliphatic carbocycles. The van der Waals surface area contributed by atoms with Gasteiger partial charge in [0.15, 0.2) is 0 Å².